The van der Waals surface area contributed by atoms with Gasteiger partial charge in [0.05, 0.1) is 23.8 Å². The van der Waals surface area contributed by atoms with Crippen LogP contribution in [-0.4, -0.2) is 76.8 Å². The molecule has 2 aromatic rings. The second-order valence-corrected chi connectivity index (χ2v) is 11.7. The van der Waals surface area contributed by atoms with Crippen LogP contribution in [0.15, 0.2) is 36.4 Å². The molecule has 0 radical (unpaired) electrons. The van der Waals surface area contributed by atoms with Gasteiger partial charge in [-0.15, -0.1) is 0 Å². The van der Waals surface area contributed by atoms with Crippen molar-refractivity contribution in [1.29, 1.82) is 5.26 Å². The standard InChI is InChI=1S/C30H36F2N4O4/c1-29(2,32)18-35-10-8-19(9-11-35)17-40-26-7-5-20(12-22(26)15-33)21-4-6-24(25(31)13-21)27(38)36-16-23(37)14-30(36,3)28(34)39/h4-7,12-13,19,23,37H,8-11,14,16-18H2,1-3H3,(H2,34,39). The van der Waals surface area contributed by atoms with Gasteiger partial charge in [-0.05, 0) is 88.0 Å². The van der Waals surface area contributed by atoms with Gasteiger partial charge in [-0.1, -0.05) is 12.1 Å². The van der Waals surface area contributed by atoms with Gasteiger partial charge in [0.2, 0.25) is 5.91 Å². The second kappa shape index (κ2) is 11.5. The van der Waals surface area contributed by atoms with E-state index in [1.54, 1.807) is 38.1 Å². The van der Waals surface area contributed by atoms with E-state index in [1.165, 1.54) is 19.1 Å². The molecule has 2 amide bonds. The van der Waals surface area contributed by atoms with Crippen LogP contribution in [0.4, 0.5) is 8.78 Å². The number of nitriles is 1. The van der Waals surface area contributed by atoms with Crippen LogP contribution in [0.2, 0.25) is 0 Å². The van der Waals surface area contributed by atoms with Crippen LogP contribution in [0.25, 0.3) is 11.1 Å². The molecule has 0 saturated carbocycles. The topological polar surface area (TPSA) is 120 Å². The van der Waals surface area contributed by atoms with Gasteiger partial charge in [-0.25, -0.2) is 8.78 Å². The number of aliphatic hydroxyl groups is 1. The average molecular weight is 555 g/mol. The number of hydrogen-bond acceptors (Lipinski definition) is 6. The summed E-state index contributed by atoms with van der Waals surface area (Å²) in [4.78, 5) is 28.3. The summed E-state index contributed by atoms with van der Waals surface area (Å²) in [7, 11) is 0. The van der Waals surface area contributed by atoms with Crippen LogP contribution < -0.4 is 10.5 Å². The zero-order chi connectivity index (χ0) is 29.2. The number of ether oxygens (including phenoxy) is 1. The summed E-state index contributed by atoms with van der Waals surface area (Å²) in [5.74, 6) is -1.56. The second-order valence-electron chi connectivity index (χ2n) is 11.7. The van der Waals surface area contributed by atoms with E-state index in [0.29, 0.717) is 41.5 Å². The highest BCUT2D eigenvalue weighted by atomic mass is 19.1. The number of piperidine rings is 1. The Morgan fingerprint density at radius 1 is 1.20 bits per heavy atom. The molecule has 3 N–H and O–H groups in total. The highest BCUT2D eigenvalue weighted by Gasteiger charge is 2.49. The Labute approximate surface area is 233 Å². The van der Waals surface area contributed by atoms with Gasteiger partial charge in [0.15, 0.2) is 0 Å². The van der Waals surface area contributed by atoms with Gasteiger partial charge in [-0.2, -0.15) is 5.26 Å². The Balaban J connectivity index is 1.43. The fourth-order valence-corrected chi connectivity index (χ4v) is 5.57. The van der Waals surface area contributed by atoms with E-state index in [4.69, 9.17) is 10.5 Å². The minimum Gasteiger partial charge on any atom is -0.492 e. The first-order chi connectivity index (χ1) is 18.8. The molecule has 8 nitrogen and oxygen atoms in total. The van der Waals surface area contributed by atoms with E-state index < -0.39 is 34.9 Å². The minimum absolute atomic E-state index is 0.0180. The predicted octanol–water partition coefficient (Wildman–Crippen LogP) is 3.65. The lowest BCUT2D eigenvalue weighted by atomic mass is 9.96. The number of nitrogens with two attached hydrogens (primary N) is 1. The summed E-state index contributed by atoms with van der Waals surface area (Å²) in [6.45, 7) is 6.95. The number of carbonyl (C=O) groups excluding carboxylic acids is 2. The Bertz CT molecular complexity index is 1310. The monoisotopic (exact) mass is 554 g/mol. The molecule has 2 saturated heterocycles. The molecule has 40 heavy (non-hydrogen) atoms. The predicted molar refractivity (Wildman–Crippen MR) is 146 cm³/mol. The van der Waals surface area contributed by atoms with Gasteiger partial charge < -0.3 is 25.4 Å². The molecule has 214 valence electrons. The van der Waals surface area contributed by atoms with Crippen LogP contribution in [0.1, 0.15) is 56.0 Å². The fraction of sp³-hybridized carbons (Fsp3) is 0.500. The smallest absolute Gasteiger partial charge is 0.257 e. The van der Waals surface area contributed by atoms with Crippen molar-refractivity contribution in [3.05, 3.63) is 53.3 Å². The summed E-state index contributed by atoms with van der Waals surface area (Å²) >= 11 is 0. The first kappa shape index (κ1) is 29.4. The number of alkyl halides is 1. The fourth-order valence-electron chi connectivity index (χ4n) is 5.57. The van der Waals surface area contributed by atoms with Gasteiger partial charge in [0.25, 0.3) is 5.91 Å². The maximum absolute atomic E-state index is 15.2. The third-order valence-corrected chi connectivity index (χ3v) is 7.81. The molecule has 0 aromatic heterocycles. The molecule has 4 rings (SSSR count). The van der Waals surface area contributed by atoms with Gasteiger partial charge in [0.1, 0.15) is 28.8 Å². The molecule has 2 aliphatic heterocycles. The van der Waals surface area contributed by atoms with Crippen LogP contribution >= 0.6 is 0 Å². The number of hydrogen-bond donors (Lipinski definition) is 2. The number of benzene rings is 2. The van der Waals surface area contributed by atoms with Crippen LogP contribution in [0, 0.1) is 23.1 Å². The van der Waals surface area contributed by atoms with E-state index in [-0.39, 0.29) is 18.5 Å². The summed E-state index contributed by atoms with van der Waals surface area (Å²) < 4.78 is 35.1. The highest BCUT2D eigenvalue weighted by Crippen LogP contribution is 2.33. The third kappa shape index (κ3) is 6.43. The number of likely N-dealkylation sites (tertiary alicyclic amines) is 2. The largest absolute Gasteiger partial charge is 0.492 e. The zero-order valence-corrected chi connectivity index (χ0v) is 23.1. The molecule has 0 aliphatic carbocycles. The van der Waals surface area contributed by atoms with Crippen molar-refractivity contribution in [2.45, 2.75) is 57.3 Å². The Kier molecular flexibility index (Phi) is 8.47. The molecule has 2 atom stereocenters. The Hall–Kier alpha value is -3.55. The van der Waals surface area contributed by atoms with Crippen molar-refractivity contribution >= 4 is 11.8 Å². The lowest BCUT2D eigenvalue weighted by Crippen LogP contribution is -2.54. The number of aliphatic hydroxyl groups excluding tert-OH is 1. The van der Waals surface area contributed by atoms with Crippen LogP contribution in [-0.2, 0) is 4.79 Å². The lowest BCUT2D eigenvalue weighted by Gasteiger charge is -2.34. The molecule has 2 unspecified atom stereocenters. The number of primary amides is 1. The maximum Gasteiger partial charge on any atom is 0.257 e. The molecule has 0 bridgehead atoms. The average Bonchev–Trinajstić information content (AvgIpc) is 3.22. The molecule has 2 heterocycles. The van der Waals surface area contributed by atoms with Crippen molar-refractivity contribution in [1.82, 2.24) is 9.80 Å². The summed E-state index contributed by atoms with van der Waals surface area (Å²) in [6, 6.07) is 11.2. The number of β-amino-alcohol motifs (C(OH)–C–C–N with tert-alkyl or cyclic N) is 1. The number of rotatable bonds is 8. The van der Waals surface area contributed by atoms with E-state index in [9.17, 15) is 24.3 Å². The summed E-state index contributed by atoms with van der Waals surface area (Å²) in [6.07, 6.45) is 0.816. The van der Waals surface area contributed by atoms with E-state index in [0.717, 1.165) is 30.8 Å². The number of amides is 2. The van der Waals surface area contributed by atoms with Crippen molar-refractivity contribution in [3.8, 4) is 22.9 Å². The zero-order valence-electron chi connectivity index (χ0n) is 23.1. The number of nitrogens with zero attached hydrogens (tertiary/aromatic N) is 3. The normalized spacial score (nSPS) is 22.2. The molecule has 2 aromatic carbocycles. The summed E-state index contributed by atoms with van der Waals surface area (Å²) in [5, 5.41) is 19.8. The van der Waals surface area contributed by atoms with Crippen LogP contribution in [0.3, 0.4) is 0 Å². The number of halogens is 2. The van der Waals surface area contributed by atoms with Crippen molar-refractivity contribution in [2.75, 3.05) is 32.8 Å². The SMILES string of the molecule is CC(C)(F)CN1CCC(COc2ccc(-c3ccc(C(=O)N4CC(O)CC4(C)C(N)=O)c(F)c3)cc2C#N)CC1. The summed E-state index contributed by atoms with van der Waals surface area (Å²) in [5.41, 5.74) is 3.93. The first-order valence-corrected chi connectivity index (χ1v) is 13.5. The van der Waals surface area contributed by atoms with E-state index in [1.807, 2.05) is 0 Å². The quantitative estimate of drug-likeness (QED) is 0.514. The minimum atomic E-state index is -1.42. The highest BCUT2D eigenvalue weighted by molar-refractivity contribution is 6.00. The van der Waals surface area contributed by atoms with Crippen molar-refractivity contribution in [3.63, 3.8) is 0 Å². The molecule has 2 aliphatic rings. The Morgan fingerprint density at radius 3 is 2.45 bits per heavy atom. The Morgan fingerprint density at radius 2 is 1.85 bits per heavy atom. The van der Waals surface area contributed by atoms with Gasteiger partial charge >= 0.3 is 0 Å². The van der Waals surface area contributed by atoms with Crippen LogP contribution in [0.5, 0.6) is 5.75 Å². The van der Waals surface area contributed by atoms with Gasteiger partial charge in [-0.3, -0.25) is 9.59 Å². The molecular formula is C30H36F2N4O4. The van der Waals surface area contributed by atoms with E-state index >= 15 is 4.39 Å². The third-order valence-electron chi connectivity index (χ3n) is 7.81. The van der Waals surface area contributed by atoms with E-state index in [2.05, 4.69) is 11.0 Å². The molecular weight excluding hydrogens is 518 g/mol. The maximum atomic E-state index is 15.2. The molecule has 2 fully saturated rings. The first-order valence-electron chi connectivity index (χ1n) is 13.5. The number of carbonyl (C=O) groups is 2. The van der Waals surface area contributed by atoms with Crippen molar-refractivity contribution < 1.29 is 28.2 Å². The lowest BCUT2D eigenvalue weighted by molar-refractivity contribution is -0.126. The van der Waals surface area contributed by atoms with Gasteiger partial charge in [0, 0.05) is 19.5 Å². The molecule has 10 heteroatoms. The van der Waals surface area contributed by atoms with Crippen molar-refractivity contribution in [2.24, 2.45) is 11.7 Å². The molecule has 0 spiro atoms.